The van der Waals surface area contributed by atoms with Crippen LogP contribution in [0, 0.1) is 5.82 Å². The highest BCUT2D eigenvalue weighted by Crippen LogP contribution is 2.29. The van der Waals surface area contributed by atoms with Crippen LogP contribution < -0.4 is 4.74 Å². The Kier molecular flexibility index (Phi) is 5.26. The maximum absolute atomic E-state index is 13.0. The third kappa shape index (κ3) is 4.00. The molecule has 0 saturated heterocycles. The molecule has 2 aromatic rings. The van der Waals surface area contributed by atoms with Crippen molar-refractivity contribution in [3.8, 4) is 5.75 Å². The number of carbonyl (C=O) groups excluding carboxylic acids is 2. The molecular formula is C21H20FNO4. The molecular weight excluding hydrogens is 349 g/mol. The molecule has 1 aliphatic heterocycles. The monoisotopic (exact) mass is 369 g/mol. The summed E-state index contributed by atoms with van der Waals surface area (Å²) in [6.07, 6.45) is 0.388. The van der Waals surface area contributed by atoms with Gasteiger partial charge >= 0.3 is 0 Å². The Labute approximate surface area is 156 Å². The number of carbonyl (C=O) groups is 2. The SMILES string of the molecule is CC(C)Oc1ccc(C2=C(O)C(=O)N(CCc3ccc(F)cc3)C2=O)cc1. The fourth-order valence-electron chi connectivity index (χ4n) is 2.89. The summed E-state index contributed by atoms with van der Waals surface area (Å²) in [6, 6.07) is 12.5. The minimum Gasteiger partial charge on any atom is -0.502 e. The number of amides is 2. The highest BCUT2D eigenvalue weighted by molar-refractivity contribution is 6.34. The lowest BCUT2D eigenvalue weighted by atomic mass is 10.1. The second-order valence-electron chi connectivity index (χ2n) is 6.55. The molecule has 0 saturated carbocycles. The molecule has 140 valence electrons. The lowest BCUT2D eigenvalue weighted by Gasteiger charge is -2.14. The van der Waals surface area contributed by atoms with Gasteiger partial charge in [-0.05, 0) is 55.7 Å². The van der Waals surface area contributed by atoms with E-state index in [0.29, 0.717) is 17.7 Å². The zero-order valence-corrected chi connectivity index (χ0v) is 15.1. The number of hydrogen-bond donors (Lipinski definition) is 1. The molecule has 0 fully saturated rings. The predicted octanol–water partition coefficient (Wildman–Crippen LogP) is 3.49. The van der Waals surface area contributed by atoms with E-state index in [1.54, 1.807) is 36.4 Å². The first-order valence-electron chi connectivity index (χ1n) is 8.68. The summed E-state index contributed by atoms with van der Waals surface area (Å²) >= 11 is 0. The van der Waals surface area contributed by atoms with Crippen molar-refractivity contribution in [3.05, 3.63) is 71.2 Å². The van der Waals surface area contributed by atoms with Crippen molar-refractivity contribution >= 4 is 17.4 Å². The Morgan fingerprint density at radius 2 is 1.63 bits per heavy atom. The van der Waals surface area contributed by atoms with Crippen LogP contribution in [0.2, 0.25) is 0 Å². The van der Waals surface area contributed by atoms with Crippen LogP contribution in [0.1, 0.15) is 25.0 Å². The molecule has 0 atom stereocenters. The van der Waals surface area contributed by atoms with E-state index >= 15 is 0 Å². The predicted molar refractivity (Wildman–Crippen MR) is 98.6 cm³/mol. The minimum absolute atomic E-state index is 0.0140. The van der Waals surface area contributed by atoms with Crippen molar-refractivity contribution in [1.82, 2.24) is 4.90 Å². The standard InChI is InChI=1S/C21H20FNO4/c1-13(2)27-17-9-5-15(6-10-17)18-19(24)21(26)23(20(18)25)12-11-14-3-7-16(22)8-4-14/h3-10,13,24H,11-12H2,1-2H3. The van der Waals surface area contributed by atoms with E-state index in [0.717, 1.165) is 10.5 Å². The van der Waals surface area contributed by atoms with Crippen LogP contribution in [0.4, 0.5) is 4.39 Å². The fourth-order valence-corrected chi connectivity index (χ4v) is 2.89. The van der Waals surface area contributed by atoms with Crippen molar-refractivity contribution in [2.24, 2.45) is 0 Å². The van der Waals surface area contributed by atoms with Crippen molar-refractivity contribution < 1.29 is 23.8 Å². The Morgan fingerprint density at radius 3 is 2.22 bits per heavy atom. The number of halogens is 1. The summed E-state index contributed by atoms with van der Waals surface area (Å²) in [5.74, 6) is -1.54. The van der Waals surface area contributed by atoms with Crippen molar-refractivity contribution in [2.75, 3.05) is 6.54 Å². The second-order valence-corrected chi connectivity index (χ2v) is 6.55. The molecule has 0 bridgehead atoms. The number of aliphatic hydroxyl groups is 1. The van der Waals surface area contributed by atoms with Crippen molar-refractivity contribution in [1.29, 1.82) is 0 Å². The van der Waals surface area contributed by atoms with Crippen LogP contribution >= 0.6 is 0 Å². The van der Waals surface area contributed by atoms with Gasteiger partial charge in [-0.25, -0.2) is 4.39 Å². The van der Waals surface area contributed by atoms with E-state index in [-0.39, 0.29) is 24.0 Å². The molecule has 3 rings (SSSR count). The molecule has 2 aromatic carbocycles. The summed E-state index contributed by atoms with van der Waals surface area (Å²) in [4.78, 5) is 26.0. The van der Waals surface area contributed by atoms with Crippen molar-refractivity contribution in [3.63, 3.8) is 0 Å². The summed E-state index contributed by atoms with van der Waals surface area (Å²) < 4.78 is 18.5. The average Bonchev–Trinajstić information content (AvgIpc) is 2.84. The highest BCUT2D eigenvalue weighted by atomic mass is 19.1. The number of rotatable bonds is 6. The maximum Gasteiger partial charge on any atom is 0.296 e. The van der Waals surface area contributed by atoms with Gasteiger partial charge < -0.3 is 9.84 Å². The van der Waals surface area contributed by atoms with Gasteiger partial charge in [-0.1, -0.05) is 24.3 Å². The van der Waals surface area contributed by atoms with E-state index in [1.165, 1.54) is 12.1 Å². The number of benzene rings is 2. The Balaban J connectivity index is 1.74. The van der Waals surface area contributed by atoms with Crippen LogP contribution in [0.25, 0.3) is 5.57 Å². The van der Waals surface area contributed by atoms with Gasteiger partial charge in [-0.2, -0.15) is 0 Å². The van der Waals surface area contributed by atoms with Gasteiger partial charge in [-0.15, -0.1) is 0 Å². The van der Waals surface area contributed by atoms with Gasteiger partial charge in [0.15, 0.2) is 5.76 Å². The summed E-state index contributed by atoms with van der Waals surface area (Å²) in [5.41, 5.74) is 1.22. The first kappa shape index (κ1) is 18.6. The summed E-state index contributed by atoms with van der Waals surface area (Å²) in [5, 5.41) is 10.2. The quantitative estimate of drug-likeness (QED) is 0.792. The fraction of sp³-hybridized carbons (Fsp3) is 0.238. The molecule has 1 N–H and O–H groups in total. The van der Waals surface area contributed by atoms with E-state index in [9.17, 15) is 19.1 Å². The normalized spacial score (nSPS) is 14.4. The van der Waals surface area contributed by atoms with Gasteiger partial charge in [0.05, 0.1) is 11.7 Å². The molecule has 0 radical (unpaired) electrons. The third-order valence-electron chi connectivity index (χ3n) is 4.20. The Hall–Kier alpha value is -3.15. The van der Waals surface area contributed by atoms with Gasteiger partial charge in [0.1, 0.15) is 11.6 Å². The van der Waals surface area contributed by atoms with Gasteiger partial charge in [0.2, 0.25) is 0 Å². The highest BCUT2D eigenvalue weighted by Gasteiger charge is 2.38. The molecule has 2 amide bonds. The molecule has 27 heavy (non-hydrogen) atoms. The molecule has 0 aliphatic carbocycles. The average molecular weight is 369 g/mol. The number of aliphatic hydroxyl groups excluding tert-OH is 1. The lowest BCUT2D eigenvalue weighted by molar-refractivity contribution is -0.138. The number of imide groups is 1. The van der Waals surface area contributed by atoms with Gasteiger partial charge in [0.25, 0.3) is 11.8 Å². The number of nitrogens with zero attached hydrogens (tertiary/aromatic N) is 1. The van der Waals surface area contributed by atoms with Crippen LogP contribution in [-0.4, -0.2) is 34.5 Å². The number of ether oxygens (including phenoxy) is 1. The Morgan fingerprint density at radius 1 is 1.00 bits per heavy atom. The van der Waals surface area contributed by atoms with Crippen LogP contribution in [0.3, 0.4) is 0 Å². The molecule has 0 aromatic heterocycles. The topological polar surface area (TPSA) is 66.8 Å². The van der Waals surface area contributed by atoms with Crippen LogP contribution in [0.15, 0.2) is 54.3 Å². The molecule has 0 spiro atoms. The second kappa shape index (κ2) is 7.61. The summed E-state index contributed by atoms with van der Waals surface area (Å²) in [7, 11) is 0. The largest absolute Gasteiger partial charge is 0.502 e. The first-order valence-corrected chi connectivity index (χ1v) is 8.68. The lowest BCUT2D eigenvalue weighted by Crippen LogP contribution is -2.33. The third-order valence-corrected chi connectivity index (χ3v) is 4.20. The van der Waals surface area contributed by atoms with Crippen LogP contribution in [-0.2, 0) is 16.0 Å². The molecule has 5 nitrogen and oxygen atoms in total. The zero-order chi connectivity index (χ0) is 19.6. The first-order chi connectivity index (χ1) is 12.9. The van der Waals surface area contributed by atoms with E-state index in [1.807, 2.05) is 13.8 Å². The molecule has 6 heteroatoms. The maximum atomic E-state index is 13.0. The van der Waals surface area contributed by atoms with E-state index in [4.69, 9.17) is 4.74 Å². The summed E-state index contributed by atoms with van der Waals surface area (Å²) in [6.45, 7) is 3.91. The molecule has 1 aliphatic rings. The van der Waals surface area contributed by atoms with Gasteiger partial charge in [0, 0.05) is 6.54 Å². The zero-order valence-electron chi connectivity index (χ0n) is 15.1. The number of hydrogen-bond acceptors (Lipinski definition) is 4. The van der Waals surface area contributed by atoms with Gasteiger partial charge in [-0.3, -0.25) is 14.5 Å². The Bertz CT molecular complexity index is 885. The van der Waals surface area contributed by atoms with E-state index < -0.39 is 17.6 Å². The van der Waals surface area contributed by atoms with E-state index in [2.05, 4.69) is 0 Å². The van der Waals surface area contributed by atoms with Crippen LogP contribution in [0.5, 0.6) is 5.75 Å². The smallest absolute Gasteiger partial charge is 0.296 e. The van der Waals surface area contributed by atoms with Crippen molar-refractivity contribution in [2.45, 2.75) is 26.4 Å². The minimum atomic E-state index is -0.723. The molecule has 1 heterocycles. The molecule has 0 unspecified atom stereocenters.